The molecular formula is C13H8N3O+. The molecule has 17 heavy (non-hydrogen) atoms. The Morgan fingerprint density at radius 3 is 2.35 bits per heavy atom. The molecule has 0 atom stereocenters. The first-order valence-corrected chi connectivity index (χ1v) is 5.20. The van der Waals surface area contributed by atoms with E-state index in [1.165, 1.54) is 6.07 Å². The molecule has 80 valence electrons. The summed E-state index contributed by atoms with van der Waals surface area (Å²) >= 11 is 0. The van der Waals surface area contributed by atoms with Gasteiger partial charge in [-0.1, -0.05) is 29.0 Å². The predicted molar refractivity (Wildman–Crippen MR) is 65.2 cm³/mol. The van der Waals surface area contributed by atoms with Crippen molar-refractivity contribution in [3.8, 4) is 0 Å². The summed E-state index contributed by atoms with van der Waals surface area (Å²) in [5, 5.41) is 23.4. The lowest BCUT2D eigenvalue weighted by Gasteiger charge is -2.01. The van der Waals surface area contributed by atoms with E-state index in [1.54, 1.807) is 12.1 Å². The van der Waals surface area contributed by atoms with Gasteiger partial charge in [-0.25, -0.2) is 0 Å². The Balaban J connectivity index is 2.49. The van der Waals surface area contributed by atoms with E-state index < -0.39 is 0 Å². The van der Waals surface area contributed by atoms with Crippen molar-refractivity contribution < 1.29 is 4.73 Å². The molecule has 0 fully saturated rings. The Kier molecular flexibility index (Phi) is 1.92. The van der Waals surface area contributed by atoms with Crippen molar-refractivity contribution in [2.45, 2.75) is 0 Å². The van der Waals surface area contributed by atoms with Crippen LogP contribution in [0.4, 0.5) is 5.82 Å². The maximum Gasteiger partial charge on any atom is 0.623 e. The lowest BCUT2D eigenvalue weighted by Crippen LogP contribution is -2.26. The summed E-state index contributed by atoms with van der Waals surface area (Å²) < 4.78 is 0.627. The van der Waals surface area contributed by atoms with Crippen molar-refractivity contribution in [1.29, 1.82) is 5.39 Å². The van der Waals surface area contributed by atoms with Gasteiger partial charge >= 0.3 is 5.82 Å². The molecule has 1 heterocycles. The molecule has 3 rings (SSSR count). The smallest absolute Gasteiger partial charge is 0.613 e. The van der Waals surface area contributed by atoms with Crippen molar-refractivity contribution in [1.82, 2.24) is 0 Å². The van der Waals surface area contributed by atoms with Gasteiger partial charge in [-0.2, -0.15) is 0 Å². The highest BCUT2D eigenvalue weighted by atomic mass is 16.5. The van der Waals surface area contributed by atoms with Crippen LogP contribution in [0, 0.1) is 10.6 Å². The van der Waals surface area contributed by atoms with Gasteiger partial charge in [-0.05, 0) is 22.9 Å². The van der Waals surface area contributed by atoms with E-state index in [2.05, 4.69) is 4.98 Å². The standard InChI is InChI=1S/C13H8N3O/c14-15-13-6-5-11-7-9-3-1-2-4-10(9)8-12(11)16(13)17/h1-8H/q+1. The number of hydrogen-bond acceptors (Lipinski definition) is 2. The highest BCUT2D eigenvalue weighted by Gasteiger charge is 2.20. The summed E-state index contributed by atoms with van der Waals surface area (Å²) in [5.74, 6) is -0.00668. The Hall–Kier alpha value is -2.67. The fourth-order valence-electron chi connectivity index (χ4n) is 1.98. The molecule has 2 aromatic carbocycles. The van der Waals surface area contributed by atoms with Gasteiger partial charge < -0.3 is 5.21 Å². The number of pyridine rings is 1. The first-order chi connectivity index (χ1) is 8.29. The van der Waals surface area contributed by atoms with E-state index in [0.29, 0.717) is 10.2 Å². The fraction of sp³-hybridized carbons (Fsp3) is 0. The molecule has 0 aliphatic carbocycles. The number of aromatic nitrogens is 1. The summed E-state index contributed by atoms with van der Waals surface area (Å²) in [6.45, 7) is 0. The van der Waals surface area contributed by atoms with Gasteiger partial charge in [-0.3, -0.25) is 0 Å². The van der Waals surface area contributed by atoms with Crippen molar-refractivity contribution in [2.24, 2.45) is 0 Å². The normalized spacial score (nSPS) is 10.5. The van der Waals surface area contributed by atoms with Gasteiger partial charge in [-0.15, -0.1) is 0 Å². The molecular weight excluding hydrogens is 214 g/mol. The molecule has 0 radical (unpaired) electrons. The van der Waals surface area contributed by atoms with E-state index in [4.69, 9.17) is 5.39 Å². The third kappa shape index (κ3) is 1.37. The van der Waals surface area contributed by atoms with Crippen LogP contribution in [-0.4, -0.2) is 0 Å². The molecule has 0 spiro atoms. The molecule has 0 N–H and O–H groups in total. The zero-order valence-corrected chi connectivity index (χ0v) is 8.87. The lowest BCUT2D eigenvalue weighted by atomic mass is 10.1. The maximum absolute atomic E-state index is 11.9. The fourth-order valence-corrected chi connectivity index (χ4v) is 1.98. The zero-order chi connectivity index (χ0) is 11.8. The minimum atomic E-state index is -0.00668. The van der Waals surface area contributed by atoms with Crippen LogP contribution in [0.25, 0.3) is 26.7 Å². The topological polar surface area (TPSA) is 55.1 Å². The summed E-state index contributed by atoms with van der Waals surface area (Å²) in [4.78, 5) is 2.95. The third-order valence-corrected chi connectivity index (χ3v) is 2.84. The number of diazo groups is 1. The molecule has 3 aromatic rings. The Labute approximate surface area is 96.9 Å². The number of fused-ring (bicyclic) bond motifs is 2. The molecule has 4 nitrogen and oxygen atoms in total. The van der Waals surface area contributed by atoms with Crippen LogP contribution in [0.15, 0.2) is 48.5 Å². The van der Waals surface area contributed by atoms with E-state index in [1.807, 2.05) is 30.3 Å². The van der Waals surface area contributed by atoms with Crippen molar-refractivity contribution in [2.75, 3.05) is 0 Å². The molecule has 0 bridgehead atoms. The van der Waals surface area contributed by atoms with Crippen LogP contribution in [0.2, 0.25) is 0 Å². The Bertz CT molecular complexity index is 775. The first kappa shape index (κ1) is 9.55. The minimum Gasteiger partial charge on any atom is -0.613 e. The summed E-state index contributed by atoms with van der Waals surface area (Å²) in [6, 6.07) is 14.8. The van der Waals surface area contributed by atoms with Gasteiger partial charge in [0, 0.05) is 11.5 Å². The van der Waals surface area contributed by atoms with Crippen LogP contribution in [-0.2, 0) is 0 Å². The van der Waals surface area contributed by atoms with Crippen LogP contribution in [0.1, 0.15) is 0 Å². The van der Waals surface area contributed by atoms with E-state index in [0.717, 1.165) is 16.2 Å². The number of rotatable bonds is 0. The summed E-state index contributed by atoms with van der Waals surface area (Å²) in [5.41, 5.74) is 0.499. The van der Waals surface area contributed by atoms with Gasteiger partial charge in [0.1, 0.15) is 6.07 Å². The van der Waals surface area contributed by atoms with Crippen molar-refractivity contribution >= 4 is 27.5 Å². The largest absolute Gasteiger partial charge is 0.623 e. The average molecular weight is 222 g/mol. The van der Waals surface area contributed by atoms with Crippen LogP contribution < -0.4 is 4.73 Å². The monoisotopic (exact) mass is 222 g/mol. The van der Waals surface area contributed by atoms with Crippen LogP contribution >= 0.6 is 0 Å². The van der Waals surface area contributed by atoms with Gasteiger partial charge in [0.05, 0.1) is 0 Å². The number of nitrogens with zero attached hydrogens (tertiary/aromatic N) is 3. The second-order valence-corrected chi connectivity index (χ2v) is 3.84. The molecule has 1 aromatic heterocycles. The van der Waals surface area contributed by atoms with E-state index in [-0.39, 0.29) is 5.82 Å². The lowest BCUT2D eigenvalue weighted by molar-refractivity contribution is -0.560. The Morgan fingerprint density at radius 2 is 1.65 bits per heavy atom. The van der Waals surface area contributed by atoms with Crippen LogP contribution in [0.3, 0.4) is 0 Å². The zero-order valence-electron chi connectivity index (χ0n) is 8.87. The first-order valence-electron chi connectivity index (χ1n) is 5.20. The summed E-state index contributed by atoms with van der Waals surface area (Å²) in [7, 11) is 0. The van der Waals surface area contributed by atoms with E-state index >= 15 is 0 Å². The highest BCUT2D eigenvalue weighted by Crippen LogP contribution is 2.22. The maximum atomic E-state index is 11.9. The molecule has 4 heteroatoms. The molecule has 0 aliphatic heterocycles. The van der Waals surface area contributed by atoms with Gasteiger partial charge in [0.2, 0.25) is 15.9 Å². The number of benzene rings is 2. The minimum absolute atomic E-state index is 0.00668. The SMILES string of the molecule is N#[N+]c1ccc2cc3ccccc3cc2[n+]1[O-]. The molecule has 0 unspecified atom stereocenters. The predicted octanol–water partition coefficient (Wildman–Crippen LogP) is 3.11. The summed E-state index contributed by atoms with van der Waals surface area (Å²) in [6.07, 6.45) is 0. The van der Waals surface area contributed by atoms with Crippen LogP contribution in [0.5, 0.6) is 0 Å². The molecule has 0 amide bonds. The average Bonchev–Trinajstić information content (AvgIpc) is 2.37. The molecule has 0 saturated carbocycles. The number of hydrogen-bond donors (Lipinski definition) is 0. The van der Waals surface area contributed by atoms with Gasteiger partial charge in [0.15, 0.2) is 0 Å². The Morgan fingerprint density at radius 1 is 0.941 bits per heavy atom. The quantitative estimate of drug-likeness (QED) is 0.254. The second-order valence-electron chi connectivity index (χ2n) is 3.84. The highest BCUT2D eigenvalue weighted by molar-refractivity contribution is 5.95. The van der Waals surface area contributed by atoms with E-state index in [9.17, 15) is 5.21 Å². The third-order valence-electron chi connectivity index (χ3n) is 2.84. The van der Waals surface area contributed by atoms with Crippen molar-refractivity contribution in [3.05, 3.63) is 58.7 Å². The second kappa shape index (κ2) is 3.42. The molecule has 0 aliphatic rings. The van der Waals surface area contributed by atoms with Gasteiger partial charge in [0.25, 0.3) is 0 Å². The molecule has 0 saturated heterocycles. The van der Waals surface area contributed by atoms with Crippen molar-refractivity contribution in [3.63, 3.8) is 0 Å².